The number of carbonyl (C=O) groups is 2. The van der Waals surface area contributed by atoms with Crippen molar-refractivity contribution in [1.29, 1.82) is 0 Å². The highest BCUT2D eigenvalue weighted by Crippen LogP contribution is 2.31. The number of thioether (sulfide) groups is 2. The van der Waals surface area contributed by atoms with Crippen LogP contribution in [0.2, 0.25) is 0 Å². The lowest BCUT2D eigenvalue weighted by molar-refractivity contribution is -0.118. The fourth-order valence-corrected chi connectivity index (χ4v) is 4.88. The SMILES string of the molecule is CCCCNC(=O)CSc1nc2ccc(NC(=O)CSc3nnnn3C)cc2s1. The Hall–Kier alpha value is -2.18. The molecule has 3 rings (SSSR count). The number of thiazole rings is 1. The Morgan fingerprint density at radius 3 is 2.79 bits per heavy atom. The first-order valence-electron chi connectivity index (χ1n) is 9.00. The standard InChI is InChI=1S/C17H21N7O2S3/c1-3-4-7-18-14(25)9-28-17-20-12-6-5-11(8-13(12)29-17)19-15(26)10-27-16-21-22-23-24(16)2/h5-6,8H,3-4,7,9-10H2,1-2H3,(H,18,25)(H,19,26). The van der Waals surface area contributed by atoms with Gasteiger partial charge in [0.05, 0.1) is 21.7 Å². The van der Waals surface area contributed by atoms with Gasteiger partial charge in [0.1, 0.15) is 0 Å². The van der Waals surface area contributed by atoms with Gasteiger partial charge in [-0.2, -0.15) is 0 Å². The van der Waals surface area contributed by atoms with Gasteiger partial charge in [0, 0.05) is 19.3 Å². The van der Waals surface area contributed by atoms with Crippen LogP contribution >= 0.6 is 34.9 Å². The first-order chi connectivity index (χ1) is 14.0. The number of aromatic nitrogens is 5. The number of amides is 2. The van der Waals surface area contributed by atoms with Crippen molar-refractivity contribution in [2.24, 2.45) is 7.05 Å². The van der Waals surface area contributed by atoms with Crippen molar-refractivity contribution in [2.45, 2.75) is 29.3 Å². The molecule has 2 aromatic heterocycles. The van der Waals surface area contributed by atoms with Gasteiger partial charge in [0.15, 0.2) is 4.34 Å². The van der Waals surface area contributed by atoms with Gasteiger partial charge < -0.3 is 10.6 Å². The van der Waals surface area contributed by atoms with E-state index >= 15 is 0 Å². The summed E-state index contributed by atoms with van der Waals surface area (Å²) < 4.78 is 3.31. The van der Waals surface area contributed by atoms with Crippen LogP contribution in [-0.2, 0) is 16.6 Å². The van der Waals surface area contributed by atoms with Crippen LogP contribution in [-0.4, -0.2) is 55.1 Å². The zero-order valence-electron chi connectivity index (χ0n) is 16.0. The molecule has 9 nitrogen and oxygen atoms in total. The van der Waals surface area contributed by atoms with Crippen molar-refractivity contribution in [2.75, 3.05) is 23.4 Å². The van der Waals surface area contributed by atoms with E-state index in [9.17, 15) is 9.59 Å². The summed E-state index contributed by atoms with van der Waals surface area (Å²) in [5.74, 6) is 0.441. The zero-order chi connectivity index (χ0) is 20.6. The lowest BCUT2D eigenvalue weighted by atomic mass is 10.3. The Balaban J connectivity index is 1.52. The molecule has 2 heterocycles. The number of carbonyl (C=O) groups excluding carboxylic acids is 2. The van der Waals surface area contributed by atoms with Crippen molar-refractivity contribution in [3.05, 3.63) is 18.2 Å². The second-order valence-electron chi connectivity index (χ2n) is 6.08. The molecule has 0 aliphatic carbocycles. The van der Waals surface area contributed by atoms with Crippen LogP contribution in [0.1, 0.15) is 19.8 Å². The van der Waals surface area contributed by atoms with Crippen LogP contribution in [0.3, 0.4) is 0 Å². The van der Waals surface area contributed by atoms with E-state index in [-0.39, 0.29) is 17.6 Å². The topological polar surface area (TPSA) is 115 Å². The maximum Gasteiger partial charge on any atom is 0.234 e. The first-order valence-corrected chi connectivity index (χ1v) is 11.8. The van der Waals surface area contributed by atoms with Gasteiger partial charge in [-0.25, -0.2) is 9.67 Å². The Morgan fingerprint density at radius 1 is 1.21 bits per heavy atom. The number of nitrogens with one attached hydrogen (secondary N) is 2. The summed E-state index contributed by atoms with van der Waals surface area (Å²) in [6.45, 7) is 2.80. The third kappa shape index (κ3) is 6.41. The molecule has 2 amide bonds. The van der Waals surface area contributed by atoms with Crippen LogP contribution in [0, 0.1) is 0 Å². The second kappa shape index (κ2) is 10.6. The summed E-state index contributed by atoms with van der Waals surface area (Å²) in [5.41, 5.74) is 1.55. The molecule has 0 spiro atoms. The summed E-state index contributed by atoms with van der Waals surface area (Å²) in [5, 5.41) is 17.5. The summed E-state index contributed by atoms with van der Waals surface area (Å²) in [7, 11) is 1.72. The number of aryl methyl sites for hydroxylation is 1. The number of anilines is 1. The Morgan fingerprint density at radius 2 is 2.03 bits per heavy atom. The minimum atomic E-state index is -0.139. The molecule has 0 bridgehead atoms. The number of tetrazole rings is 1. The number of fused-ring (bicyclic) bond motifs is 1. The highest BCUT2D eigenvalue weighted by atomic mass is 32.2. The van der Waals surface area contributed by atoms with E-state index in [0.717, 1.165) is 27.4 Å². The molecule has 12 heteroatoms. The molecule has 0 radical (unpaired) electrons. The van der Waals surface area contributed by atoms with Gasteiger partial charge >= 0.3 is 0 Å². The van der Waals surface area contributed by atoms with Crippen molar-refractivity contribution in [3.63, 3.8) is 0 Å². The van der Waals surface area contributed by atoms with Gasteiger partial charge in [-0.3, -0.25) is 9.59 Å². The molecular formula is C17H21N7O2S3. The van der Waals surface area contributed by atoms with Crippen LogP contribution in [0.5, 0.6) is 0 Å². The summed E-state index contributed by atoms with van der Waals surface area (Å²) >= 11 is 4.20. The van der Waals surface area contributed by atoms with Crippen LogP contribution in [0.4, 0.5) is 5.69 Å². The molecule has 0 aliphatic heterocycles. The molecular weight excluding hydrogens is 430 g/mol. The third-order valence-corrected chi connectivity index (χ3v) is 6.92. The van der Waals surface area contributed by atoms with Crippen molar-refractivity contribution in [1.82, 2.24) is 30.5 Å². The molecule has 3 aromatic rings. The fourth-order valence-electron chi connectivity index (χ4n) is 2.30. The molecule has 29 heavy (non-hydrogen) atoms. The van der Waals surface area contributed by atoms with E-state index in [4.69, 9.17) is 0 Å². The summed E-state index contributed by atoms with van der Waals surface area (Å²) in [6, 6.07) is 5.58. The molecule has 0 unspecified atom stereocenters. The minimum Gasteiger partial charge on any atom is -0.355 e. The predicted molar refractivity (Wildman–Crippen MR) is 116 cm³/mol. The van der Waals surface area contributed by atoms with Gasteiger partial charge in [-0.15, -0.1) is 16.4 Å². The lowest BCUT2D eigenvalue weighted by Crippen LogP contribution is -2.25. The smallest absolute Gasteiger partial charge is 0.234 e. The van der Waals surface area contributed by atoms with Gasteiger partial charge in [0.2, 0.25) is 17.0 Å². The number of rotatable bonds is 10. The number of benzene rings is 1. The Bertz CT molecular complexity index is 988. The second-order valence-corrected chi connectivity index (χ2v) is 9.27. The molecule has 2 N–H and O–H groups in total. The van der Waals surface area contributed by atoms with E-state index in [2.05, 4.69) is 38.1 Å². The van der Waals surface area contributed by atoms with Crippen molar-refractivity contribution in [3.8, 4) is 0 Å². The van der Waals surface area contributed by atoms with E-state index in [1.807, 2.05) is 18.2 Å². The number of unbranched alkanes of at least 4 members (excludes halogenated alkanes) is 1. The van der Waals surface area contributed by atoms with E-state index in [0.29, 0.717) is 23.1 Å². The Kier molecular flexibility index (Phi) is 7.83. The van der Waals surface area contributed by atoms with Crippen molar-refractivity contribution >= 4 is 62.6 Å². The van der Waals surface area contributed by atoms with E-state index in [1.54, 1.807) is 7.05 Å². The normalized spacial score (nSPS) is 11.0. The van der Waals surface area contributed by atoms with Crippen LogP contribution < -0.4 is 10.6 Å². The van der Waals surface area contributed by atoms with E-state index < -0.39 is 0 Å². The maximum absolute atomic E-state index is 12.2. The molecule has 0 aliphatic rings. The van der Waals surface area contributed by atoms with Gasteiger partial charge in [-0.05, 0) is 35.0 Å². The molecule has 154 valence electrons. The molecule has 1 aromatic carbocycles. The zero-order valence-corrected chi connectivity index (χ0v) is 18.5. The molecule has 0 atom stereocenters. The highest BCUT2D eigenvalue weighted by Gasteiger charge is 2.11. The summed E-state index contributed by atoms with van der Waals surface area (Å²) in [6.07, 6.45) is 2.04. The predicted octanol–water partition coefficient (Wildman–Crippen LogP) is 2.56. The largest absolute Gasteiger partial charge is 0.355 e. The molecule has 0 fully saturated rings. The quantitative estimate of drug-likeness (QED) is 0.357. The molecule has 0 saturated heterocycles. The Labute approximate surface area is 180 Å². The van der Waals surface area contributed by atoms with E-state index in [1.165, 1.54) is 39.5 Å². The first kappa shape index (κ1) is 21.5. The van der Waals surface area contributed by atoms with Crippen LogP contribution in [0.15, 0.2) is 27.7 Å². The lowest BCUT2D eigenvalue weighted by Gasteiger charge is -2.04. The maximum atomic E-state index is 12.2. The van der Waals surface area contributed by atoms with Gasteiger partial charge in [-0.1, -0.05) is 36.9 Å². The number of hydrogen-bond acceptors (Lipinski definition) is 9. The monoisotopic (exact) mass is 451 g/mol. The van der Waals surface area contributed by atoms with Gasteiger partial charge in [0.25, 0.3) is 0 Å². The fraction of sp³-hybridized carbons (Fsp3) is 0.412. The number of nitrogens with zero attached hydrogens (tertiary/aromatic N) is 5. The van der Waals surface area contributed by atoms with Crippen LogP contribution in [0.25, 0.3) is 10.2 Å². The third-order valence-electron chi connectivity index (χ3n) is 3.75. The minimum absolute atomic E-state index is 0.0197. The number of hydrogen-bond donors (Lipinski definition) is 2. The molecule has 0 saturated carbocycles. The average Bonchev–Trinajstić information content (AvgIpc) is 3.30. The summed E-state index contributed by atoms with van der Waals surface area (Å²) in [4.78, 5) is 28.5. The average molecular weight is 452 g/mol. The highest BCUT2D eigenvalue weighted by molar-refractivity contribution is 8.01. The van der Waals surface area contributed by atoms with Crippen molar-refractivity contribution < 1.29 is 9.59 Å².